The molecule has 3 rings (SSSR count). The largest absolute Gasteiger partial charge is 0.469 e. The second-order valence-corrected chi connectivity index (χ2v) is 5.14. The third-order valence-corrected chi connectivity index (χ3v) is 3.43. The lowest BCUT2D eigenvalue weighted by Gasteiger charge is -2.65. The fraction of sp³-hybridized carbons (Fsp3) is 0.857. The number of esters is 1. The first-order valence-corrected chi connectivity index (χ1v) is 4.17. The molecule has 3 aliphatic carbocycles. The van der Waals surface area contributed by atoms with E-state index in [1.165, 1.54) is 7.11 Å². The van der Waals surface area contributed by atoms with Crippen LogP contribution in [-0.2, 0) is 9.53 Å². The molecule has 3 heteroatoms. The number of hydrogen-bond donors (Lipinski definition) is 0. The molecular formula is C7H9BrO2. The van der Waals surface area contributed by atoms with Gasteiger partial charge < -0.3 is 4.74 Å². The average molecular weight is 205 g/mol. The third kappa shape index (κ3) is 0.570. The minimum atomic E-state index is -0.0712. The normalized spacial score (nSPS) is 49.0. The summed E-state index contributed by atoms with van der Waals surface area (Å²) in [6, 6.07) is 0. The molecule has 56 valence electrons. The first-order chi connectivity index (χ1) is 4.60. The molecule has 0 aromatic carbocycles. The van der Waals surface area contributed by atoms with Crippen LogP contribution < -0.4 is 0 Å². The summed E-state index contributed by atoms with van der Waals surface area (Å²) in [5.41, 5.74) is -0.0712. The van der Waals surface area contributed by atoms with E-state index in [1.807, 2.05) is 0 Å². The summed E-state index contributed by atoms with van der Waals surface area (Å²) in [7, 11) is 1.46. The van der Waals surface area contributed by atoms with E-state index in [9.17, 15) is 4.79 Å². The van der Waals surface area contributed by atoms with Crippen molar-refractivity contribution in [1.82, 2.24) is 0 Å². The van der Waals surface area contributed by atoms with Gasteiger partial charge in [0.1, 0.15) is 0 Å². The van der Waals surface area contributed by atoms with Crippen molar-refractivity contribution in [3.63, 3.8) is 0 Å². The van der Waals surface area contributed by atoms with Crippen LogP contribution in [0.3, 0.4) is 0 Å². The van der Waals surface area contributed by atoms with E-state index in [4.69, 9.17) is 0 Å². The molecule has 0 unspecified atom stereocenters. The van der Waals surface area contributed by atoms with Gasteiger partial charge >= 0.3 is 5.97 Å². The quantitative estimate of drug-likeness (QED) is 0.478. The Morgan fingerprint density at radius 1 is 1.50 bits per heavy atom. The van der Waals surface area contributed by atoms with Crippen LogP contribution in [0.5, 0.6) is 0 Å². The summed E-state index contributed by atoms with van der Waals surface area (Å²) >= 11 is 3.56. The molecule has 0 heterocycles. The van der Waals surface area contributed by atoms with Gasteiger partial charge in [0.25, 0.3) is 0 Å². The molecule has 0 amide bonds. The van der Waals surface area contributed by atoms with Crippen LogP contribution in [-0.4, -0.2) is 17.4 Å². The zero-order valence-electron chi connectivity index (χ0n) is 5.82. The number of carbonyl (C=O) groups excluding carboxylic acids is 1. The molecule has 2 bridgehead atoms. The topological polar surface area (TPSA) is 26.3 Å². The fourth-order valence-corrected chi connectivity index (χ4v) is 3.71. The van der Waals surface area contributed by atoms with Crippen molar-refractivity contribution in [2.45, 2.75) is 23.6 Å². The van der Waals surface area contributed by atoms with Crippen molar-refractivity contribution < 1.29 is 9.53 Å². The van der Waals surface area contributed by atoms with Gasteiger partial charge in [0.15, 0.2) is 0 Å². The zero-order chi connectivity index (χ0) is 7.41. The lowest BCUT2D eigenvalue weighted by molar-refractivity contribution is -0.180. The SMILES string of the molecule is COC(=O)C12CC(Br)(C1)C2. The molecule has 0 aliphatic heterocycles. The van der Waals surface area contributed by atoms with Crippen molar-refractivity contribution >= 4 is 21.9 Å². The minimum Gasteiger partial charge on any atom is -0.469 e. The predicted octanol–water partition coefficient (Wildman–Crippen LogP) is 1.48. The van der Waals surface area contributed by atoms with E-state index < -0.39 is 0 Å². The van der Waals surface area contributed by atoms with Crippen molar-refractivity contribution in [2.24, 2.45) is 5.41 Å². The van der Waals surface area contributed by atoms with Crippen molar-refractivity contribution in [3.05, 3.63) is 0 Å². The number of rotatable bonds is 1. The standard InChI is InChI=1S/C7H9BrO2/c1-10-5(9)6-2-7(8,3-6)4-6/h2-4H2,1H3. The Labute approximate surface area is 68.1 Å². The second kappa shape index (κ2) is 1.58. The van der Waals surface area contributed by atoms with Crippen molar-refractivity contribution in [1.29, 1.82) is 0 Å². The fourth-order valence-electron chi connectivity index (χ4n) is 2.10. The van der Waals surface area contributed by atoms with E-state index in [0.717, 1.165) is 19.3 Å². The Morgan fingerprint density at radius 3 is 2.30 bits per heavy atom. The number of halogens is 1. The maximum absolute atomic E-state index is 11.1. The van der Waals surface area contributed by atoms with Gasteiger partial charge in [-0.05, 0) is 19.3 Å². The molecular weight excluding hydrogens is 196 g/mol. The van der Waals surface area contributed by atoms with Gasteiger partial charge in [-0.15, -0.1) is 0 Å². The number of methoxy groups -OCH3 is 1. The van der Waals surface area contributed by atoms with Gasteiger partial charge in [0.2, 0.25) is 0 Å². The first kappa shape index (κ1) is 6.65. The van der Waals surface area contributed by atoms with Crippen LogP contribution in [0.25, 0.3) is 0 Å². The molecule has 10 heavy (non-hydrogen) atoms. The Kier molecular flexibility index (Phi) is 1.05. The number of ether oxygens (including phenoxy) is 1. The van der Waals surface area contributed by atoms with Crippen LogP contribution in [0.2, 0.25) is 0 Å². The molecule has 0 aromatic rings. The summed E-state index contributed by atoms with van der Waals surface area (Å²) in [6.07, 6.45) is 2.94. The Hall–Kier alpha value is -0.0500. The lowest BCUT2D eigenvalue weighted by atomic mass is 9.44. The highest BCUT2D eigenvalue weighted by Gasteiger charge is 2.71. The molecule has 0 spiro atoms. The van der Waals surface area contributed by atoms with Crippen molar-refractivity contribution in [3.8, 4) is 0 Å². The summed E-state index contributed by atoms with van der Waals surface area (Å²) in [6.45, 7) is 0. The van der Waals surface area contributed by atoms with E-state index in [0.29, 0.717) is 4.32 Å². The van der Waals surface area contributed by atoms with Gasteiger partial charge in [0.05, 0.1) is 12.5 Å². The molecule has 0 atom stereocenters. The van der Waals surface area contributed by atoms with E-state index >= 15 is 0 Å². The van der Waals surface area contributed by atoms with Gasteiger partial charge in [-0.1, -0.05) is 15.9 Å². The summed E-state index contributed by atoms with van der Waals surface area (Å²) in [4.78, 5) is 11.1. The summed E-state index contributed by atoms with van der Waals surface area (Å²) < 4.78 is 5.00. The molecule has 3 saturated carbocycles. The molecule has 2 nitrogen and oxygen atoms in total. The Morgan fingerprint density at radius 2 is 2.00 bits per heavy atom. The monoisotopic (exact) mass is 204 g/mol. The van der Waals surface area contributed by atoms with Crippen LogP contribution in [0.1, 0.15) is 19.3 Å². The zero-order valence-corrected chi connectivity index (χ0v) is 7.40. The lowest BCUT2D eigenvalue weighted by Crippen LogP contribution is -2.67. The van der Waals surface area contributed by atoms with E-state index in [1.54, 1.807) is 0 Å². The third-order valence-electron chi connectivity index (χ3n) is 2.58. The summed E-state index contributed by atoms with van der Waals surface area (Å²) in [5.74, 6) is -0.0196. The molecule has 0 aromatic heterocycles. The maximum Gasteiger partial charge on any atom is 0.311 e. The number of carbonyl (C=O) groups is 1. The molecule has 0 radical (unpaired) electrons. The first-order valence-electron chi connectivity index (χ1n) is 3.38. The highest BCUT2D eigenvalue weighted by Crippen LogP contribution is 2.71. The highest BCUT2D eigenvalue weighted by molar-refractivity contribution is 9.10. The molecule has 0 N–H and O–H groups in total. The number of alkyl halides is 1. The van der Waals surface area contributed by atoms with Crippen LogP contribution in [0.4, 0.5) is 0 Å². The van der Waals surface area contributed by atoms with E-state index in [-0.39, 0.29) is 11.4 Å². The van der Waals surface area contributed by atoms with E-state index in [2.05, 4.69) is 20.7 Å². The van der Waals surface area contributed by atoms with Crippen LogP contribution in [0.15, 0.2) is 0 Å². The molecule has 3 fully saturated rings. The Balaban J connectivity index is 2.04. The minimum absolute atomic E-state index is 0.0196. The van der Waals surface area contributed by atoms with Crippen molar-refractivity contribution in [2.75, 3.05) is 7.11 Å². The highest BCUT2D eigenvalue weighted by atomic mass is 79.9. The number of hydrogen-bond acceptors (Lipinski definition) is 2. The predicted molar refractivity (Wildman–Crippen MR) is 40.0 cm³/mol. The average Bonchev–Trinajstić information content (AvgIpc) is 1.77. The smallest absolute Gasteiger partial charge is 0.311 e. The van der Waals surface area contributed by atoms with Crippen LogP contribution in [0, 0.1) is 5.41 Å². The van der Waals surface area contributed by atoms with Gasteiger partial charge in [-0.2, -0.15) is 0 Å². The maximum atomic E-state index is 11.1. The summed E-state index contributed by atoms with van der Waals surface area (Å²) in [5, 5.41) is 0. The van der Waals surface area contributed by atoms with Gasteiger partial charge in [-0.25, -0.2) is 0 Å². The van der Waals surface area contributed by atoms with Gasteiger partial charge in [-0.3, -0.25) is 4.79 Å². The molecule has 3 aliphatic rings. The second-order valence-electron chi connectivity index (χ2n) is 3.45. The Bertz CT molecular complexity index is 180. The van der Waals surface area contributed by atoms with Gasteiger partial charge in [0, 0.05) is 4.32 Å². The van der Waals surface area contributed by atoms with Crippen LogP contribution >= 0.6 is 15.9 Å². The molecule has 0 saturated heterocycles.